The van der Waals surface area contributed by atoms with Crippen LogP contribution in [0.4, 0.5) is 0 Å². The summed E-state index contributed by atoms with van der Waals surface area (Å²) in [7, 11) is 0. The number of rotatable bonds is 66. The second-order valence-corrected chi connectivity index (χ2v) is 24.2. The zero-order valence-electron chi connectivity index (χ0n) is 52.7. The lowest BCUT2D eigenvalue weighted by molar-refractivity contribution is -0.143. The molecule has 0 radical (unpaired) electrons. The molecule has 0 aromatic rings. The first-order chi connectivity index (χ1) is 38.5. The molecule has 0 saturated carbocycles. The van der Waals surface area contributed by atoms with Gasteiger partial charge in [-0.2, -0.15) is 0 Å². The van der Waals surface area contributed by atoms with E-state index in [4.69, 9.17) is 4.74 Å². The third-order valence-corrected chi connectivity index (χ3v) is 16.4. The highest BCUT2D eigenvalue weighted by Crippen LogP contribution is 2.19. The van der Waals surface area contributed by atoms with Crippen LogP contribution in [0.3, 0.4) is 0 Å². The number of carbonyl (C=O) groups excluding carboxylic acids is 2. The maximum absolute atomic E-state index is 12.5. The second-order valence-electron chi connectivity index (χ2n) is 24.2. The molecule has 0 spiro atoms. The van der Waals surface area contributed by atoms with Gasteiger partial charge in [0.1, 0.15) is 0 Å². The average Bonchev–Trinajstić information content (AvgIpc) is 3.44. The Hall–Kier alpha value is -1.92. The molecule has 0 saturated heterocycles. The van der Waals surface area contributed by atoms with Crippen LogP contribution in [-0.4, -0.2) is 47.4 Å². The van der Waals surface area contributed by atoms with Crippen LogP contribution in [0, 0.1) is 0 Å². The molecule has 0 aromatic carbocycles. The van der Waals surface area contributed by atoms with Crippen molar-refractivity contribution >= 4 is 11.9 Å². The van der Waals surface area contributed by atoms with Crippen molar-refractivity contribution in [3.63, 3.8) is 0 Å². The summed E-state index contributed by atoms with van der Waals surface area (Å²) >= 11 is 0. The van der Waals surface area contributed by atoms with E-state index in [-0.39, 0.29) is 18.5 Å². The van der Waals surface area contributed by atoms with Gasteiger partial charge < -0.3 is 20.3 Å². The fourth-order valence-corrected chi connectivity index (χ4v) is 11.0. The molecule has 1 amide bonds. The summed E-state index contributed by atoms with van der Waals surface area (Å²) < 4.78 is 5.48. The quantitative estimate of drug-likeness (QED) is 0.0320. The Kier molecular flexibility index (Phi) is 65.9. The lowest BCUT2D eigenvalue weighted by atomic mass is 10.0. The van der Waals surface area contributed by atoms with Crippen molar-refractivity contribution in [3.8, 4) is 0 Å². The van der Waals surface area contributed by atoms with E-state index < -0.39 is 12.1 Å². The van der Waals surface area contributed by atoms with Crippen LogP contribution in [0.25, 0.3) is 0 Å². The van der Waals surface area contributed by atoms with Crippen molar-refractivity contribution in [2.75, 3.05) is 13.2 Å². The molecule has 0 aromatic heterocycles. The van der Waals surface area contributed by atoms with E-state index in [1.54, 1.807) is 0 Å². The Labute approximate surface area is 487 Å². The number of allylic oxidation sites excluding steroid dienone is 6. The Bertz CT molecular complexity index is 1260. The van der Waals surface area contributed by atoms with Gasteiger partial charge in [0.2, 0.25) is 5.91 Å². The van der Waals surface area contributed by atoms with Crippen molar-refractivity contribution < 1.29 is 24.5 Å². The summed E-state index contributed by atoms with van der Waals surface area (Å²) in [6, 6.07) is -0.546. The molecule has 0 aliphatic carbocycles. The summed E-state index contributed by atoms with van der Waals surface area (Å²) in [5.41, 5.74) is 0. The van der Waals surface area contributed by atoms with Crippen LogP contribution >= 0.6 is 0 Å². The minimum absolute atomic E-state index is 0.000919. The fourth-order valence-electron chi connectivity index (χ4n) is 11.0. The van der Waals surface area contributed by atoms with Crippen LogP contribution in [0.15, 0.2) is 36.5 Å². The fraction of sp³-hybridized carbons (Fsp3) is 0.889. The van der Waals surface area contributed by atoms with E-state index in [0.29, 0.717) is 25.9 Å². The van der Waals surface area contributed by atoms with Crippen LogP contribution in [0.2, 0.25) is 0 Å². The molecule has 6 heteroatoms. The first-order valence-corrected chi connectivity index (χ1v) is 35.2. The topological polar surface area (TPSA) is 95.9 Å². The van der Waals surface area contributed by atoms with Gasteiger partial charge in [-0.1, -0.05) is 326 Å². The number of hydrogen-bond acceptors (Lipinski definition) is 5. The number of hydrogen-bond donors (Lipinski definition) is 3. The first-order valence-electron chi connectivity index (χ1n) is 35.2. The van der Waals surface area contributed by atoms with Gasteiger partial charge in [-0.05, 0) is 83.5 Å². The highest BCUT2D eigenvalue weighted by molar-refractivity contribution is 5.76. The molecule has 3 N–H and O–H groups in total. The van der Waals surface area contributed by atoms with Gasteiger partial charge in [0.25, 0.3) is 0 Å². The lowest BCUT2D eigenvalue weighted by Gasteiger charge is -2.22. The number of unbranched alkanes of at least 4 members (excludes halogenated alkanes) is 49. The van der Waals surface area contributed by atoms with Crippen molar-refractivity contribution in [1.82, 2.24) is 5.32 Å². The number of amides is 1. The second kappa shape index (κ2) is 67.6. The number of esters is 1. The molecule has 0 fully saturated rings. The van der Waals surface area contributed by atoms with E-state index in [1.807, 2.05) is 0 Å². The van der Waals surface area contributed by atoms with E-state index in [2.05, 4.69) is 55.6 Å². The predicted molar refractivity (Wildman–Crippen MR) is 343 cm³/mol. The molecule has 460 valence electrons. The third-order valence-electron chi connectivity index (χ3n) is 16.4. The van der Waals surface area contributed by atoms with E-state index >= 15 is 0 Å². The van der Waals surface area contributed by atoms with Crippen LogP contribution < -0.4 is 5.32 Å². The normalized spacial score (nSPS) is 12.7. The number of ether oxygens (including phenoxy) is 1. The first kappa shape index (κ1) is 76.1. The highest BCUT2D eigenvalue weighted by atomic mass is 16.5. The molecule has 0 aliphatic rings. The van der Waals surface area contributed by atoms with E-state index in [1.165, 1.54) is 302 Å². The van der Waals surface area contributed by atoms with Gasteiger partial charge in [0.05, 0.1) is 25.4 Å². The molecule has 2 unspecified atom stereocenters. The zero-order chi connectivity index (χ0) is 56.4. The van der Waals surface area contributed by atoms with Crippen molar-refractivity contribution in [1.29, 1.82) is 0 Å². The summed E-state index contributed by atoms with van der Waals surface area (Å²) in [6.45, 7) is 4.95. The molecule has 78 heavy (non-hydrogen) atoms. The van der Waals surface area contributed by atoms with E-state index in [9.17, 15) is 19.8 Å². The minimum atomic E-state index is -0.669. The standard InChI is InChI=1S/C72H137NO5/c1-3-5-7-9-11-13-15-17-19-20-21-22-27-30-33-37-40-44-48-52-56-60-64-70(75)69(68-74)73-71(76)65-61-57-53-49-45-41-38-34-31-28-25-23-24-26-29-32-35-39-43-47-51-55-59-63-67-78-72(77)66-62-58-54-50-46-42-36-18-16-14-12-10-8-6-4-2/h12,14,18,25,28,36,69-70,74-75H,3-11,13,15-17,19-24,26-27,29-35,37-68H2,1-2H3,(H,73,76)/b14-12-,28-25-,36-18-. The summed E-state index contributed by atoms with van der Waals surface area (Å²) in [5, 5.41) is 23.4. The Morgan fingerprint density at radius 2 is 0.641 bits per heavy atom. The van der Waals surface area contributed by atoms with Gasteiger partial charge in [-0.25, -0.2) is 0 Å². The van der Waals surface area contributed by atoms with Crippen LogP contribution in [0.1, 0.15) is 386 Å². The Morgan fingerprint density at radius 1 is 0.359 bits per heavy atom. The number of nitrogens with one attached hydrogen (secondary N) is 1. The largest absolute Gasteiger partial charge is 0.466 e. The van der Waals surface area contributed by atoms with Crippen molar-refractivity contribution in [3.05, 3.63) is 36.5 Å². The predicted octanol–water partition coefficient (Wildman–Crippen LogP) is 22.7. The molecule has 0 rings (SSSR count). The Morgan fingerprint density at radius 3 is 1.01 bits per heavy atom. The molecule has 2 atom stereocenters. The maximum Gasteiger partial charge on any atom is 0.305 e. The SMILES string of the molecule is CCCCC/C=C\C/C=C\CCCCCCCC(=O)OCCCCCCCCCCCCCC/C=C\CCCCCCCCCCC(=O)NC(CO)C(O)CCCCCCCCCCCCCCCCCCCCCCCC. The highest BCUT2D eigenvalue weighted by Gasteiger charge is 2.20. The molecular formula is C72H137NO5. The third kappa shape index (κ3) is 63.3. The van der Waals surface area contributed by atoms with Gasteiger partial charge in [-0.15, -0.1) is 0 Å². The summed E-state index contributed by atoms with van der Waals surface area (Å²) in [6.07, 6.45) is 86.1. The van der Waals surface area contributed by atoms with Gasteiger partial charge >= 0.3 is 5.97 Å². The van der Waals surface area contributed by atoms with Crippen molar-refractivity contribution in [2.45, 2.75) is 398 Å². The molecule has 0 aliphatic heterocycles. The minimum Gasteiger partial charge on any atom is -0.466 e. The number of aliphatic hydroxyl groups is 2. The zero-order valence-corrected chi connectivity index (χ0v) is 52.7. The smallest absolute Gasteiger partial charge is 0.305 e. The molecule has 0 bridgehead atoms. The molecule has 6 nitrogen and oxygen atoms in total. The number of aliphatic hydroxyl groups excluding tert-OH is 2. The average molecular weight is 1100 g/mol. The van der Waals surface area contributed by atoms with Crippen LogP contribution in [0.5, 0.6) is 0 Å². The van der Waals surface area contributed by atoms with Gasteiger partial charge in [0, 0.05) is 12.8 Å². The maximum atomic E-state index is 12.5. The van der Waals surface area contributed by atoms with Gasteiger partial charge in [0.15, 0.2) is 0 Å². The Balaban J connectivity index is 3.41. The summed E-state index contributed by atoms with van der Waals surface area (Å²) in [5.74, 6) is -0.0367. The molecular weight excluding hydrogens is 959 g/mol. The van der Waals surface area contributed by atoms with Crippen molar-refractivity contribution in [2.24, 2.45) is 0 Å². The van der Waals surface area contributed by atoms with Gasteiger partial charge in [-0.3, -0.25) is 9.59 Å². The number of carbonyl (C=O) groups is 2. The van der Waals surface area contributed by atoms with Crippen LogP contribution in [-0.2, 0) is 14.3 Å². The summed E-state index contributed by atoms with van der Waals surface area (Å²) in [4.78, 5) is 24.6. The molecule has 0 heterocycles. The van der Waals surface area contributed by atoms with E-state index in [0.717, 1.165) is 51.4 Å². The lowest BCUT2D eigenvalue weighted by Crippen LogP contribution is -2.45. The monoisotopic (exact) mass is 1100 g/mol.